The van der Waals surface area contributed by atoms with Crippen LogP contribution in [0.3, 0.4) is 0 Å². The number of carbonyl (C=O) groups excluding carboxylic acids is 2. The molecular weight excluding hydrogens is 440 g/mol. The van der Waals surface area contributed by atoms with E-state index in [2.05, 4.69) is 15.5 Å². The predicted octanol–water partition coefficient (Wildman–Crippen LogP) is 5.37. The highest BCUT2D eigenvalue weighted by Crippen LogP contribution is 2.41. The van der Waals surface area contributed by atoms with Crippen LogP contribution in [0.2, 0.25) is 5.02 Å². The second kappa shape index (κ2) is 8.33. The molecular formula is C25H21ClN4O3. The van der Waals surface area contributed by atoms with Gasteiger partial charge in [-0.05, 0) is 37.1 Å². The summed E-state index contributed by atoms with van der Waals surface area (Å²) in [5, 5.41) is 7.94. The van der Waals surface area contributed by atoms with Crippen LogP contribution in [0.1, 0.15) is 45.2 Å². The molecule has 0 atom stereocenters. The van der Waals surface area contributed by atoms with E-state index in [1.54, 1.807) is 32.3 Å². The van der Waals surface area contributed by atoms with Gasteiger partial charge in [0.05, 0.1) is 21.5 Å². The maximum atomic E-state index is 13.4. The number of carbonyl (C=O) groups is 2. The molecule has 2 aromatic heterocycles. The number of fused-ring (bicyclic) bond motifs is 1. The van der Waals surface area contributed by atoms with Crippen molar-refractivity contribution in [1.29, 1.82) is 0 Å². The zero-order chi connectivity index (χ0) is 23.1. The van der Waals surface area contributed by atoms with Gasteiger partial charge in [0.1, 0.15) is 5.69 Å². The number of nitrogens with one attached hydrogen (secondary N) is 1. The average molecular weight is 461 g/mol. The average Bonchev–Trinajstić information content (AvgIpc) is 3.57. The number of aromatic nitrogens is 2. The number of anilines is 1. The molecule has 1 saturated carbocycles. The number of hydrogen-bond donors (Lipinski definition) is 1. The van der Waals surface area contributed by atoms with Crippen molar-refractivity contribution in [3.05, 3.63) is 76.4 Å². The van der Waals surface area contributed by atoms with E-state index in [-0.39, 0.29) is 16.8 Å². The Balaban J connectivity index is 1.54. The van der Waals surface area contributed by atoms with Gasteiger partial charge in [-0.2, -0.15) is 0 Å². The first-order chi connectivity index (χ1) is 15.9. The van der Waals surface area contributed by atoms with E-state index in [1.165, 1.54) is 4.90 Å². The van der Waals surface area contributed by atoms with Gasteiger partial charge < -0.3 is 14.7 Å². The van der Waals surface area contributed by atoms with Crippen molar-refractivity contribution < 1.29 is 14.1 Å². The minimum atomic E-state index is -0.326. The highest BCUT2D eigenvalue weighted by Gasteiger charge is 2.29. The summed E-state index contributed by atoms with van der Waals surface area (Å²) in [5.41, 5.74) is 3.85. The molecule has 0 saturated heterocycles. The molecule has 0 spiro atoms. The van der Waals surface area contributed by atoms with Gasteiger partial charge in [0, 0.05) is 37.0 Å². The topological polar surface area (TPSA) is 88.3 Å². The predicted molar refractivity (Wildman–Crippen MR) is 127 cm³/mol. The fourth-order valence-corrected chi connectivity index (χ4v) is 4.00. The van der Waals surface area contributed by atoms with Crippen molar-refractivity contribution in [1.82, 2.24) is 15.0 Å². The van der Waals surface area contributed by atoms with Gasteiger partial charge in [-0.25, -0.2) is 4.98 Å². The third-order valence-electron chi connectivity index (χ3n) is 5.62. The lowest BCUT2D eigenvalue weighted by molar-refractivity contribution is 0.0827. The fourth-order valence-electron chi connectivity index (χ4n) is 3.74. The molecule has 0 radical (unpaired) electrons. The van der Waals surface area contributed by atoms with E-state index < -0.39 is 0 Å². The number of halogens is 1. The van der Waals surface area contributed by atoms with E-state index in [4.69, 9.17) is 16.1 Å². The van der Waals surface area contributed by atoms with Crippen molar-refractivity contribution in [3.63, 3.8) is 0 Å². The summed E-state index contributed by atoms with van der Waals surface area (Å²) in [6, 6.07) is 16.2. The summed E-state index contributed by atoms with van der Waals surface area (Å²) in [7, 11) is 3.31. The van der Waals surface area contributed by atoms with Crippen molar-refractivity contribution in [2.45, 2.75) is 18.8 Å². The zero-order valence-corrected chi connectivity index (χ0v) is 18.9. The molecule has 2 aromatic carbocycles. The molecule has 1 N–H and O–H groups in total. The van der Waals surface area contributed by atoms with Crippen LogP contribution in [0.25, 0.3) is 22.4 Å². The van der Waals surface area contributed by atoms with Crippen LogP contribution in [0.4, 0.5) is 5.69 Å². The van der Waals surface area contributed by atoms with Crippen LogP contribution < -0.4 is 5.32 Å². The van der Waals surface area contributed by atoms with Gasteiger partial charge in [0.15, 0.2) is 0 Å². The van der Waals surface area contributed by atoms with Crippen molar-refractivity contribution in [2.24, 2.45) is 0 Å². The fraction of sp³-hybridized carbons (Fsp3) is 0.200. The first kappa shape index (κ1) is 21.2. The molecule has 166 valence electrons. The Labute approximate surface area is 195 Å². The number of rotatable bonds is 5. The summed E-state index contributed by atoms with van der Waals surface area (Å²) in [6.45, 7) is 0. The minimum Gasteiger partial charge on any atom is -0.345 e. The lowest BCUT2D eigenvalue weighted by Gasteiger charge is -2.13. The molecule has 1 fully saturated rings. The first-order valence-electron chi connectivity index (χ1n) is 10.6. The Kier molecular flexibility index (Phi) is 5.34. The summed E-state index contributed by atoms with van der Waals surface area (Å²) in [4.78, 5) is 31.7. The first-order valence-corrected chi connectivity index (χ1v) is 11.0. The van der Waals surface area contributed by atoms with Crippen LogP contribution in [0.5, 0.6) is 0 Å². The summed E-state index contributed by atoms with van der Waals surface area (Å²) < 4.78 is 5.54. The molecule has 5 rings (SSSR count). The monoisotopic (exact) mass is 460 g/mol. The third-order valence-corrected chi connectivity index (χ3v) is 5.93. The molecule has 1 aliphatic rings. The minimum absolute atomic E-state index is 0.209. The second-order valence-electron chi connectivity index (χ2n) is 8.29. The number of amides is 2. The quantitative estimate of drug-likeness (QED) is 0.432. The van der Waals surface area contributed by atoms with Crippen LogP contribution in [0, 0.1) is 0 Å². The normalized spacial score (nSPS) is 13.2. The van der Waals surface area contributed by atoms with Crippen molar-refractivity contribution in [2.75, 3.05) is 19.4 Å². The number of pyridine rings is 1. The highest BCUT2D eigenvalue weighted by molar-refractivity contribution is 6.34. The third kappa shape index (κ3) is 4.07. The summed E-state index contributed by atoms with van der Waals surface area (Å²) in [5.74, 6) is -0.204. The number of nitrogens with zero attached hydrogens (tertiary/aromatic N) is 3. The Bertz CT molecular complexity index is 1380. The van der Waals surface area contributed by atoms with Gasteiger partial charge in [-0.3, -0.25) is 9.59 Å². The van der Waals surface area contributed by atoms with Crippen LogP contribution in [-0.4, -0.2) is 41.0 Å². The summed E-state index contributed by atoms with van der Waals surface area (Å²) >= 11 is 6.32. The maximum Gasteiger partial charge on any atom is 0.259 e. The summed E-state index contributed by atoms with van der Waals surface area (Å²) in [6.07, 6.45) is 2.08. The van der Waals surface area contributed by atoms with Crippen LogP contribution >= 0.6 is 11.6 Å². The van der Waals surface area contributed by atoms with E-state index in [0.29, 0.717) is 39.5 Å². The SMILES string of the molecule is CN(C)C(=O)c1ccc(NC(=O)c2cc(C3CC3)nc3onc(-c4ccccc4)c23)cc1Cl. The van der Waals surface area contributed by atoms with Crippen LogP contribution in [0.15, 0.2) is 59.1 Å². The maximum absolute atomic E-state index is 13.4. The number of hydrogen-bond acceptors (Lipinski definition) is 5. The van der Waals surface area contributed by atoms with Gasteiger partial charge >= 0.3 is 0 Å². The van der Waals surface area contributed by atoms with E-state index in [0.717, 1.165) is 24.1 Å². The molecule has 4 aromatic rings. The lowest BCUT2D eigenvalue weighted by Crippen LogP contribution is -2.22. The number of benzene rings is 2. The smallest absolute Gasteiger partial charge is 0.259 e. The second-order valence-corrected chi connectivity index (χ2v) is 8.70. The van der Waals surface area contributed by atoms with Crippen molar-refractivity contribution in [3.8, 4) is 11.3 Å². The zero-order valence-electron chi connectivity index (χ0n) is 18.1. The van der Waals surface area contributed by atoms with Crippen molar-refractivity contribution >= 4 is 40.2 Å². The molecule has 8 heteroatoms. The Morgan fingerprint density at radius 1 is 1.06 bits per heavy atom. The molecule has 2 heterocycles. The van der Waals surface area contributed by atoms with Gasteiger partial charge in [0.2, 0.25) is 0 Å². The standard InChI is InChI=1S/C25H21ClN4O3/c1-30(2)25(32)17-11-10-16(12-19(17)26)27-23(31)18-13-20(14-8-9-14)28-24-21(18)22(29-33-24)15-6-4-3-5-7-15/h3-7,10-14H,8-9H2,1-2H3,(H,27,31). The van der Waals surface area contributed by atoms with Gasteiger partial charge in [0.25, 0.3) is 17.5 Å². The highest BCUT2D eigenvalue weighted by atomic mass is 35.5. The molecule has 0 bridgehead atoms. The molecule has 7 nitrogen and oxygen atoms in total. The molecule has 33 heavy (non-hydrogen) atoms. The molecule has 0 unspecified atom stereocenters. The largest absolute Gasteiger partial charge is 0.345 e. The molecule has 0 aliphatic heterocycles. The van der Waals surface area contributed by atoms with E-state index in [9.17, 15) is 9.59 Å². The van der Waals surface area contributed by atoms with Gasteiger partial charge in [-0.15, -0.1) is 0 Å². The Morgan fingerprint density at radius 2 is 1.82 bits per heavy atom. The molecule has 2 amide bonds. The Morgan fingerprint density at radius 3 is 2.48 bits per heavy atom. The lowest BCUT2D eigenvalue weighted by atomic mass is 10.0. The van der Waals surface area contributed by atoms with E-state index >= 15 is 0 Å². The Hall–Kier alpha value is -3.71. The van der Waals surface area contributed by atoms with Gasteiger partial charge in [-0.1, -0.05) is 47.1 Å². The van der Waals surface area contributed by atoms with E-state index in [1.807, 2.05) is 36.4 Å². The van der Waals surface area contributed by atoms with Crippen LogP contribution in [-0.2, 0) is 0 Å². The molecule has 1 aliphatic carbocycles.